The average molecular weight is 309 g/mol. The highest BCUT2D eigenvalue weighted by Crippen LogP contribution is 2.31. The molecule has 0 unspecified atom stereocenters. The van der Waals surface area contributed by atoms with Gasteiger partial charge in [0.15, 0.2) is 5.76 Å². The lowest BCUT2D eigenvalue weighted by Gasteiger charge is -2.09. The Bertz CT molecular complexity index is 878. The number of nitrogens with one attached hydrogen (secondary N) is 1. The standard InChI is InChI=1S/C16H15N5O2/c1-19-8-11-10(9-5-13(16(18)22)20-7-9)6-12(21-15(11)17)14-3-2-4-23-14/h2-8,20H,1H3,(H2,17,21)(H2,18,22). The highest BCUT2D eigenvalue weighted by atomic mass is 16.3. The van der Waals surface area contributed by atoms with Crippen molar-refractivity contribution in [1.29, 1.82) is 0 Å². The van der Waals surface area contributed by atoms with Gasteiger partial charge in [-0.2, -0.15) is 0 Å². The minimum Gasteiger partial charge on any atom is -0.463 e. The molecular formula is C16H15N5O2. The van der Waals surface area contributed by atoms with Gasteiger partial charge in [0.1, 0.15) is 17.2 Å². The first-order valence-corrected chi connectivity index (χ1v) is 6.85. The van der Waals surface area contributed by atoms with Crippen molar-refractivity contribution in [1.82, 2.24) is 9.97 Å². The summed E-state index contributed by atoms with van der Waals surface area (Å²) in [7, 11) is 1.65. The van der Waals surface area contributed by atoms with Gasteiger partial charge in [-0.15, -0.1) is 0 Å². The largest absolute Gasteiger partial charge is 0.463 e. The van der Waals surface area contributed by atoms with Gasteiger partial charge in [0, 0.05) is 30.6 Å². The molecule has 0 aliphatic heterocycles. The van der Waals surface area contributed by atoms with Crippen molar-refractivity contribution < 1.29 is 9.21 Å². The molecule has 5 N–H and O–H groups in total. The van der Waals surface area contributed by atoms with Crippen LogP contribution in [0.2, 0.25) is 0 Å². The second kappa shape index (κ2) is 5.80. The second-order valence-corrected chi connectivity index (χ2v) is 4.88. The number of carbonyl (C=O) groups excluding carboxylic acids is 1. The third-order valence-corrected chi connectivity index (χ3v) is 3.38. The third-order valence-electron chi connectivity index (χ3n) is 3.38. The molecule has 116 valence electrons. The number of nitrogen functional groups attached to an aromatic ring is 1. The summed E-state index contributed by atoms with van der Waals surface area (Å²) >= 11 is 0. The van der Waals surface area contributed by atoms with Crippen molar-refractivity contribution in [2.24, 2.45) is 10.7 Å². The van der Waals surface area contributed by atoms with Gasteiger partial charge in [-0.3, -0.25) is 9.79 Å². The quantitative estimate of drug-likeness (QED) is 0.638. The lowest BCUT2D eigenvalue weighted by Crippen LogP contribution is -2.10. The van der Waals surface area contributed by atoms with E-state index in [1.165, 1.54) is 0 Å². The van der Waals surface area contributed by atoms with Crippen molar-refractivity contribution in [2.45, 2.75) is 0 Å². The maximum atomic E-state index is 11.3. The van der Waals surface area contributed by atoms with Crippen molar-refractivity contribution in [3.05, 3.63) is 48.0 Å². The van der Waals surface area contributed by atoms with Gasteiger partial charge >= 0.3 is 0 Å². The fraction of sp³-hybridized carbons (Fsp3) is 0.0625. The number of anilines is 1. The Balaban J connectivity index is 2.20. The van der Waals surface area contributed by atoms with Crippen LogP contribution in [0.3, 0.4) is 0 Å². The Morgan fingerprint density at radius 1 is 1.43 bits per heavy atom. The molecule has 1 amide bonds. The van der Waals surface area contributed by atoms with E-state index in [2.05, 4.69) is 15.0 Å². The fourth-order valence-electron chi connectivity index (χ4n) is 2.32. The fourth-order valence-corrected chi connectivity index (χ4v) is 2.32. The van der Waals surface area contributed by atoms with E-state index in [1.54, 1.807) is 43.9 Å². The monoisotopic (exact) mass is 309 g/mol. The first-order chi connectivity index (χ1) is 11.1. The van der Waals surface area contributed by atoms with Crippen LogP contribution in [0.25, 0.3) is 22.6 Å². The first-order valence-electron chi connectivity index (χ1n) is 6.85. The lowest BCUT2D eigenvalue weighted by molar-refractivity contribution is 0.0996. The Morgan fingerprint density at radius 2 is 2.26 bits per heavy atom. The zero-order valence-electron chi connectivity index (χ0n) is 12.4. The molecule has 0 saturated carbocycles. The van der Waals surface area contributed by atoms with Crippen LogP contribution in [-0.2, 0) is 0 Å². The maximum absolute atomic E-state index is 11.3. The molecule has 0 bridgehead atoms. The van der Waals surface area contributed by atoms with Gasteiger partial charge in [-0.05, 0) is 29.8 Å². The van der Waals surface area contributed by atoms with E-state index in [0.717, 1.165) is 11.1 Å². The molecule has 0 fully saturated rings. The van der Waals surface area contributed by atoms with Crippen LogP contribution < -0.4 is 11.5 Å². The first kappa shape index (κ1) is 14.6. The van der Waals surface area contributed by atoms with E-state index in [9.17, 15) is 4.79 Å². The number of carbonyl (C=O) groups is 1. The summed E-state index contributed by atoms with van der Waals surface area (Å²) in [6.45, 7) is 0. The van der Waals surface area contributed by atoms with Crippen molar-refractivity contribution in [3.63, 3.8) is 0 Å². The number of aromatic amines is 1. The summed E-state index contributed by atoms with van der Waals surface area (Å²) in [4.78, 5) is 22.5. The molecule has 3 aromatic rings. The highest BCUT2D eigenvalue weighted by Gasteiger charge is 2.15. The smallest absolute Gasteiger partial charge is 0.265 e. The summed E-state index contributed by atoms with van der Waals surface area (Å²) in [5, 5.41) is 0. The molecule has 0 aromatic carbocycles. The summed E-state index contributed by atoms with van der Waals surface area (Å²) < 4.78 is 5.38. The highest BCUT2D eigenvalue weighted by molar-refractivity contribution is 5.98. The normalized spacial score (nSPS) is 11.2. The molecule has 0 spiro atoms. The molecule has 7 nitrogen and oxygen atoms in total. The Labute approximate surface area is 132 Å². The topological polar surface area (TPSA) is 123 Å². The number of furan rings is 1. The van der Waals surface area contributed by atoms with Gasteiger partial charge in [-0.25, -0.2) is 4.98 Å². The molecule has 7 heteroatoms. The predicted octanol–water partition coefficient (Wildman–Crippen LogP) is 2.07. The average Bonchev–Trinajstić information content (AvgIpc) is 3.20. The predicted molar refractivity (Wildman–Crippen MR) is 88.2 cm³/mol. The number of hydrogen-bond donors (Lipinski definition) is 3. The van der Waals surface area contributed by atoms with Gasteiger partial charge in [0.05, 0.1) is 6.26 Å². The number of primary amides is 1. The molecular weight excluding hydrogens is 294 g/mol. The number of nitrogens with zero attached hydrogens (tertiary/aromatic N) is 2. The molecule has 0 aliphatic rings. The van der Waals surface area contributed by atoms with E-state index in [1.807, 2.05) is 6.07 Å². The SMILES string of the molecule is CN=Cc1c(-c2c[nH]c(C(N)=O)c2)cc(-c2ccco2)nc1N. The number of aliphatic imine (C=N–C) groups is 1. The number of rotatable bonds is 4. The van der Waals surface area contributed by atoms with Gasteiger partial charge in [0.25, 0.3) is 5.91 Å². The summed E-state index contributed by atoms with van der Waals surface area (Å²) in [6, 6.07) is 7.07. The van der Waals surface area contributed by atoms with E-state index >= 15 is 0 Å². The van der Waals surface area contributed by atoms with Crippen LogP contribution in [0.15, 0.2) is 46.1 Å². The molecule has 3 aromatic heterocycles. The second-order valence-electron chi connectivity index (χ2n) is 4.88. The van der Waals surface area contributed by atoms with Gasteiger partial charge < -0.3 is 20.9 Å². The zero-order chi connectivity index (χ0) is 16.4. The zero-order valence-corrected chi connectivity index (χ0v) is 12.4. The Kier molecular flexibility index (Phi) is 3.68. The van der Waals surface area contributed by atoms with E-state index in [4.69, 9.17) is 15.9 Å². The molecule has 0 aliphatic carbocycles. The summed E-state index contributed by atoms with van der Waals surface area (Å²) in [5.41, 5.74) is 14.5. The van der Waals surface area contributed by atoms with Crippen LogP contribution >= 0.6 is 0 Å². The van der Waals surface area contributed by atoms with Crippen LogP contribution in [0.5, 0.6) is 0 Å². The Morgan fingerprint density at radius 3 is 2.87 bits per heavy atom. The molecule has 0 saturated heterocycles. The molecule has 3 heterocycles. The number of nitrogens with two attached hydrogens (primary N) is 2. The molecule has 23 heavy (non-hydrogen) atoms. The number of H-pyrrole nitrogens is 1. The molecule has 3 rings (SSSR count). The van der Waals surface area contributed by atoms with Crippen LogP contribution in [-0.4, -0.2) is 29.1 Å². The van der Waals surface area contributed by atoms with Crippen LogP contribution in [0.1, 0.15) is 16.1 Å². The van der Waals surface area contributed by atoms with Crippen molar-refractivity contribution in [3.8, 4) is 22.6 Å². The number of amides is 1. The van der Waals surface area contributed by atoms with Crippen LogP contribution in [0, 0.1) is 0 Å². The van der Waals surface area contributed by atoms with Crippen molar-refractivity contribution in [2.75, 3.05) is 12.8 Å². The lowest BCUT2D eigenvalue weighted by atomic mass is 10.0. The van der Waals surface area contributed by atoms with E-state index in [-0.39, 0.29) is 0 Å². The Hall–Kier alpha value is -3.35. The van der Waals surface area contributed by atoms with E-state index in [0.29, 0.717) is 28.5 Å². The van der Waals surface area contributed by atoms with E-state index < -0.39 is 5.91 Å². The summed E-state index contributed by atoms with van der Waals surface area (Å²) in [6.07, 6.45) is 4.88. The maximum Gasteiger partial charge on any atom is 0.265 e. The van der Waals surface area contributed by atoms with Gasteiger partial charge in [-0.1, -0.05) is 0 Å². The third kappa shape index (κ3) is 2.71. The van der Waals surface area contributed by atoms with Crippen LogP contribution in [0.4, 0.5) is 5.82 Å². The minimum absolute atomic E-state index is 0.314. The number of hydrogen-bond acceptors (Lipinski definition) is 5. The van der Waals surface area contributed by atoms with Crippen molar-refractivity contribution >= 4 is 17.9 Å². The molecule has 0 radical (unpaired) electrons. The number of aromatic nitrogens is 2. The summed E-state index contributed by atoms with van der Waals surface area (Å²) in [5.74, 6) is 0.389. The molecule has 0 atom stereocenters. The minimum atomic E-state index is -0.532. The number of pyridine rings is 1. The van der Waals surface area contributed by atoms with Gasteiger partial charge in [0.2, 0.25) is 0 Å².